The van der Waals surface area contributed by atoms with Gasteiger partial charge in [-0.15, -0.1) is 0 Å². The van der Waals surface area contributed by atoms with Crippen LogP contribution in [0.25, 0.3) is 0 Å². The second-order valence-electron chi connectivity index (χ2n) is 4.83. The lowest BCUT2D eigenvalue weighted by Gasteiger charge is -2.17. The van der Waals surface area contributed by atoms with Crippen molar-refractivity contribution in [2.45, 2.75) is 13.0 Å². The minimum absolute atomic E-state index is 0.0788. The quantitative estimate of drug-likeness (QED) is 0.788. The van der Waals surface area contributed by atoms with Gasteiger partial charge in [0.25, 0.3) is 0 Å². The summed E-state index contributed by atoms with van der Waals surface area (Å²) in [7, 11) is 0. The van der Waals surface area contributed by atoms with Crippen LogP contribution < -0.4 is 10.6 Å². The van der Waals surface area contributed by atoms with Crippen LogP contribution >= 0.6 is 11.6 Å². The Hall–Kier alpha value is -2.11. The van der Waals surface area contributed by atoms with Crippen LogP contribution in [0.4, 0.5) is 15.8 Å². The summed E-state index contributed by atoms with van der Waals surface area (Å²) in [5, 5.41) is 14.6. The molecule has 0 unspecified atom stereocenters. The van der Waals surface area contributed by atoms with Crippen LogP contribution in [-0.2, 0) is 4.79 Å². The molecule has 0 bridgehead atoms. The number of hydrogen-bond donors (Lipinski definition) is 3. The lowest BCUT2D eigenvalue weighted by atomic mass is 10.1. The van der Waals surface area contributed by atoms with Crippen LogP contribution in [0, 0.1) is 5.82 Å². The minimum Gasteiger partial charge on any atom is -0.387 e. The SMILES string of the molecule is C[C@H](Nc1cccc(NC(=O)CO)c1)c1ccc(F)c(Cl)c1. The number of nitrogens with one attached hydrogen (secondary N) is 2. The molecule has 0 fully saturated rings. The van der Waals surface area contributed by atoms with Gasteiger partial charge in [-0.1, -0.05) is 23.7 Å². The topological polar surface area (TPSA) is 61.4 Å². The molecular weight excluding hydrogens is 307 g/mol. The molecule has 2 aromatic rings. The zero-order chi connectivity index (χ0) is 16.1. The van der Waals surface area contributed by atoms with Crippen molar-refractivity contribution in [1.29, 1.82) is 0 Å². The van der Waals surface area contributed by atoms with Gasteiger partial charge in [0.15, 0.2) is 0 Å². The molecule has 0 heterocycles. The van der Waals surface area contributed by atoms with E-state index in [1.807, 2.05) is 13.0 Å². The lowest BCUT2D eigenvalue weighted by Crippen LogP contribution is -2.15. The summed E-state index contributed by atoms with van der Waals surface area (Å²) in [6, 6.07) is 11.6. The molecule has 0 saturated carbocycles. The zero-order valence-corrected chi connectivity index (χ0v) is 12.7. The van der Waals surface area contributed by atoms with Crippen LogP contribution in [0.2, 0.25) is 5.02 Å². The highest BCUT2D eigenvalue weighted by molar-refractivity contribution is 6.30. The van der Waals surface area contributed by atoms with Crippen molar-refractivity contribution in [1.82, 2.24) is 0 Å². The third kappa shape index (κ3) is 4.19. The number of carbonyl (C=O) groups is 1. The maximum absolute atomic E-state index is 13.2. The first-order valence-corrected chi connectivity index (χ1v) is 7.09. The molecule has 2 aromatic carbocycles. The number of rotatable bonds is 5. The van der Waals surface area contributed by atoms with E-state index in [1.54, 1.807) is 30.3 Å². The highest BCUT2D eigenvalue weighted by Gasteiger charge is 2.09. The molecule has 2 rings (SSSR count). The molecule has 4 nitrogen and oxygen atoms in total. The van der Waals surface area contributed by atoms with E-state index in [0.717, 1.165) is 11.3 Å². The molecule has 22 heavy (non-hydrogen) atoms. The average Bonchev–Trinajstić information content (AvgIpc) is 2.50. The molecule has 0 spiro atoms. The predicted octanol–water partition coefficient (Wildman–Crippen LogP) is 3.58. The molecule has 1 amide bonds. The number of amides is 1. The second kappa shape index (κ2) is 7.24. The maximum atomic E-state index is 13.2. The van der Waals surface area contributed by atoms with Gasteiger partial charge in [0.1, 0.15) is 12.4 Å². The Morgan fingerprint density at radius 2 is 2.00 bits per heavy atom. The highest BCUT2D eigenvalue weighted by Crippen LogP contribution is 2.25. The molecule has 0 saturated heterocycles. The van der Waals surface area contributed by atoms with E-state index in [2.05, 4.69) is 10.6 Å². The summed E-state index contributed by atoms with van der Waals surface area (Å²) in [5.41, 5.74) is 2.20. The van der Waals surface area contributed by atoms with Crippen molar-refractivity contribution in [3.63, 3.8) is 0 Å². The van der Waals surface area contributed by atoms with Gasteiger partial charge in [0.05, 0.1) is 5.02 Å². The number of aliphatic hydroxyl groups is 1. The molecular formula is C16H16ClFN2O2. The summed E-state index contributed by atoms with van der Waals surface area (Å²) >= 11 is 5.79. The first kappa shape index (κ1) is 16.3. The Morgan fingerprint density at radius 3 is 2.68 bits per heavy atom. The monoisotopic (exact) mass is 322 g/mol. The van der Waals surface area contributed by atoms with Crippen LogP contribution in [0.3, 0.4) is 0 Å². The highest BCUT2D eigenvalue weighted by atomic mass is 35.5. The fraction of sp³-hybridized carbons (Fsp3) is 0.188. The van der Waals surface area contributed by atoms with Crippen molar-refractivity contribution >= 4 is 28.9 Å². The van der Waals surface area contributed by atoms with Crippen molar-refractivity contribution in [2.75, 3.05) is 17.2 Å². The van der Waals surface area contributed by atoms with E-state index in [0.29, 0.717) is 5.69 Å². The van der Waals surface area contributed by atoms with Crippen molar-refractivity contribution in [2.24, 2.45) is 0 Å². The van der Waals surface area contributed by atoms with Crippen LogP contribution in [-0.4, -0.2) is 17.6 Å². The molecule has 116 valence electrons. The van der Waals surface area contributed by atoms with Gasteiger partial charge in [0, 0.05) is 17.4 Å². The zero-order valence-electron chi connectivity index (χ0n) is 11.9. The average molecular weight is 323 g/mol. The normalized spacial score (nSPS) is 11.8. The minimum atomic E-state index is -0.567. The van der Waals surface area contributed by atoms with Gasteiger partial charge in [-0.25, -0.2) is 4.39 Å². The summed E-state index contributed by atoms with van der Waals surface area (Å²) in [5.74, 6) is -0.929. The standard InChI is InChI=1S/C16H16ClFN2O2/c1-10(11-5-6-15(18)14(17)7-11)19-12-3-2-4-13(8-12)20-16(22)9-21/h2-8,10,19,21H,9H2,1H3,(H,20,22)/t10-/m0/s1. The van der Waals surface area contributed by atoms with Crippen LogP contribution in [0.15, 0.2) is 42.5 Å². The fourth-order valence-corrected chi connectivity index (χ4v) is 2.19. The lowest BCUT2D eigenvalue weighted by molar-refractivity contribution is -0.118. The van der Waals surface area contributed by atoms with Gasteiger partial charge < -0.3 is 15.7 Å². The van der Waals surface area contributed by atoms with Crippen LogP contribution in [0.5, 0.6) is 0 Å². The molecule has 6 heteroatoms. The summed E-state index contributed by atoms with van der Waals surface area (Å²) in [4.78, 5) is 11.2. The molecule has 0 aliphatic carbocycles. The third-order valence-corrected chi connectivity index (χ3v) is 3.41. The van der Waals surface area contributed by atoms with E-state index < -0.39 is 18.3 Å². The van der Waals surface area contributed by atoms with E-state index in [-0.39, 0.29) is 11.1 Å². The fourth-order valence-electron chi connectivity index (χ4n) is 2.00. The number of hydrogen-bond acceptors (Lipinski definition) is 3. The van der Waals surface area contributed by atoms with E-state index in [1.165, 1.54) is 6.07 Å². The first-order valence-electron chi connectivity index (χ1n) is 6.72. The smallest absolute Gasteiger partial charge is 0.250 e. The number of benzene rings is 2. The number of anilines is 2. The first-order chi connectivity index (χ1) is 10.5. The second-order valence-corrected chi connectivity index (χ2v) is 5.23. The Labute approximate surface area is 132 Å². The van der Waals surface area contributed by atoms with Gasteiger partial charge in [0.2, 0.25) is 5.91 Å². The van der Waals surface area contributed by atoms with Gasteiger partial charge >= 0.3 is 0 Å². The van der Waals surface area contributed by atoms with E-state index in [9.17, 15) is 9.18 Å². The van der Waals surface area contributed by atoms with Crippen LogP contribution in [0.1, 0.15) is 18.5 Å². The summed E-state index contributed by atoms with van der Waals surface area (Å²) < 4.78 is 13.2. The molecule has 1 atom stereocenters. The molecule has 0 aliphatic rings. The predicted molar refractivity (Wildman–Crippen MR) is 85.6 cm³/mol. The van der Waals surface area contributed by atoms with Gasteiger partial charge in [-0.3, -0.25) is 4.79 Å². The Kier molecular flexibility index (Phi) is 5.35. The van der Waals surface area contributed by atoms with Crippen molar-refractivity contribution < 1.29 is 14.3 Å². The summed E-state index contributed by atoms with van der Waals surface area (Å²) in [6.45, 7) is 1.35. The molecule has 3 N–H and O–H groups in total. The molecule has 0 aromatic heterocycles. The van der Waals surface area contributed by atoms with Crippen molar-refractivity contribution in [3.05, 3.63) is 58.9 Å². The maximum Gasteiger partial charge on any atom is 0.250 e. The van der Waals surface area contributed by atoms with Gasteiger partial charge in [-0.05, 0) is 42.8 Å². The Morgan fingerprint density at radius 1 is 1.27 bits per heavy atom. The van der Waals surface area contributed by atoms with Gasteiger partial charge in [-0.2, -0.15) is 0 Å². The third-order valence-electron chi connectivity index (χ3n) is 3.12. The number of carbonyl (C=O) groups excluding carboxylic acids is 1. The summed E-state index contributed by atoms with van der Waals surface area (Å²) in [6.07, 6.45) is 0. The largest absolute Gasteiger partial charge is 0.387 e. The number of aliphatic hydroxyl groups excluding tert-OH is 1. The van der Waals surface area contributed by atoms with E-state index >= 15 is 0 Å². The molecule has 0 radical (unpaired) electrons. The Balaban J connectivity index is 2.10. The Bertz CT molecular complexity index is 679. The van der Waals surface area contributed by atoms with E-state index in [4.69, 9.17) is 16.7 Å². The molecule has 0 aliphatic heterocycles. The van der Waals surface area contributed by atoms with Crippen molar-refractivity contribution in [3.8, 4) is 0 Å². The number of halogens is 2.